The minimum Gasteiger partial charge on any atom is -0.338 e. The van der Waals surface area contributed by atoms with Crippen molar-refractivity contribution < 1.29 is 4.79 Å². The molecule has 0 spiro atoms. The molecular weight excluding hydrogens is 164 g/mol. The summed E-state index contributed by atoms with van der Waals surface area (Å²) in [6, 6.07) is 0. The Morgan fingerprint density at radius 2 is 2.38 bits per heavy atom. The molecule has 0 radical (unpaired) electrons. The Kier molecular flexibility index (Phi) is 4.54. The van der Waals surface area contributed by atoms with E-state index in [1.165, 1.54) is 0 Å². The minimum absolute atomic E-state index is 0.220. The lowest BCUT2D eigenvalue weighted by Gasteiger charge is -2.23. The maximum atomic E-state index is 11.5. The smallest absolute Gasteiger partial charge is 0.236 e. The number of hydrogen-bond acceptors (Lipinski definition) is 2. The van der Waals surface area contributed by atoms with Crippen molar-refractivity contribution in [3.63, 3.8) is 0 Å². The first-order valence-electron chi connectivity index (χ1n) is 4.98. The molecule has 0 atom stereocenters. The maximum Gasteiger partial charge on any atom is 0.236 e. The van der Waals surface area contributed by atoms with Crippen molar-refractivity contribution in [3.05, 3.63) is 12.2 Å². The van der Waals surface area contributed by atoms with Gasteiger partial charge in [0.1, 0.15) is 0 Å². The number of carbonyl (C=O) groups is 1. The van der Waals surface area contributed by atoms with Gasteiger partial charge in [-0.25, -0.2) is 0 Å². The van der Waals surface area contributed by atoms with E-state index in [1.54, 1.807) is 0 Å². The molecule has 0 unspecified atom stereocenters. The second-order valence-electron chi connectivity index (χ2n) is 3.28. The maximum absolute atomic E-state index is 11.5. The number of rotatable bonds is 4. The van der Waals surface area contributed by atoms with Gasteiger partial charge in [0.2, 0.25) is 5.91 Å². The number of hydrogen-bond donors (Lipinski definition) is 1. The summed E-state index contributed by atoms with van der Waals surface area (Å²) in [5.74, 6) is 0.220. The first kappa shape index (κ1) is 10.3. The SMILES string of the molecule is CCCNCC(=O)N1CC=CCC1. The standard InChI is InChI=1S/C10H18N2O/c1-2-6-11-9-10(13)12-7-4-3-5-8-12/h3-4,11H,2,5-9H2,1H3. The molecule has 1 N–H and O–H groups in total. The van der Waals surface area contributed by atoms with Gasteiger partial charge in [-0.2, -0.15) is 0 Å². The third kappa shape index (κ3) is 3.59. The highest BCUT2D eigenvalue weighted by molar-refractivity contribution is 5.78. The molecule has 1 aliphatic rings. The molecule has 74 valence electrons. The molecule has 1 heterocycles. The third-order valence-corrected chi connectivity index (χ3v) is 2.11. The molecule has 0 aromatic heterocycles. The topological polar surface area (TPSA) is 32.3 Å². The average molecular weight is 182 g/mol. The number of nitrogens with zero attached hydrogens (tertiary/aromatic N) is 1. The van der Waals surface area contributed by atoms with Crippen molar-refractivity contribution in [2.45, 2.75) is 19.8 Å². The van der Waals surface area contributed by atoms with Crippen molar-refractivity contribution >= 4 is 5.91 Å². The van der Waals surface area contributed by atoms with Crippen LogP contribution in [0, 0.1) is 0 Å². The van der Waals surface area contributed by atoms with E-state index in [9.17, 15) is 4.79 Å². The summed E-state index contributed by atoms with van der Waals surface area (Å²) in [6.45, 7) is 5.17. The van der Waals surface area contributed by atoms with Crippen LogP contribution in [0.4, 0.5) is 0 Å². The number of amides is 1. The van der Waals surface area contributed by atoms with Crippen molar-refractivity contribution in [3.8, 4) is 0 Å². The summed E-state index contributed by atoms with van der Waals surface area (Å²) in [7, 11) is 0. The van der Waals surface area contributed by atoms with Crippen LogP contribution in [0.3, 0.4) is 0 Å². The minimum atomic E-state index is 0.220. The highest BCUT2D eigenvalue weighted by Crippen LogP contribution is 2.00. The van der Waals surface area contributed by atoms with Gasteiger partial charge in [0.25, 0.3) is 0 Å². The number of carbonyl (C=O) groups excluding carboxylic acids is 1. The Hall–Kier alpha value is -0.830. The zero-order valence-corrected chi connectivity index (χ0v) is 8.25. The van der Waals surface area contributed by atoms with E-state index in [-0.39, 0.29) is 5.91 Å². The molecule has 1 rings (SSSR count). The molecule has 3 heteroatoms. The van der Waals surface area contributed by atoms with Crippen LogP contribution in [0.2, 0.25) is 0 Å². The van der Waals surface area contributed by atoms with E-state index in [2.05, 4.69) is 24.4 Å². The van der Waals surface area contributed by atoms with Crippen LogP contribution >= 0.6 is 0 Å². The van der Waals surface area contributed by atoms with Gasteiger partial charge >= 0.3 is 0 Å². The van der Waals surface area contributed by atoms with Gasteiger partial charge in [-0.1, -0.05) is 19.1 Å². The fraction of sp³-hybridized carbons (Fsp3) is 0.700. The van der Waals surface area contributed by atoms with Crippen LogP contribution in [-0.4, -0.2) is 37.0 Å². The van der Waals surface area contributed by atoms with Gasteiger partial charge in [0.05, 0.1) is 6.54 Å². The summed E-state index contributed by atoms with van der Waals surface area (Å²) in [6.07, 6.45) is 6.26. The monoisotopic (exact) mass is 182 g/mol. The Balaban J connectivity index is 2.18. The Morgan fingerprint density at radius 3 is 3.00 bits per heavy atom. The lowest BCUT2D eigenvalue weighted by molar-refractivity contribution is -0.129. The molecule has 0 bridgehead atoms. The number of nitrogens with one attached hydrogen (secondary N) is 1. The molecule has 0 saturated carbocycles. The fourth-order valence-electron chi connectivity index (χ4n) is 1.35. The lowest BCUT2D eigenvalue weighted by Crippen LogP contribution is -2.40. The molecule has 3 nitrogen and oxygen atoms in total. The van der Waals surface area contributed by atoms with Crippen molar-refractivity contribution in [1.82, 2.24) is 10.2 Å². The fourth-order valence-corrected chi connectivity index (χ4v) is 1.35. The zero-order chi connectivity index (χ0) is 9.52. The quantitative estimate of drug-likeness (QED) is 0.514. The molecule has 1 aliphatic heterocycles. The molecule has 0 aliphatic carbocycles. The Morgan fingerprint density at radius 1 is 1.54 bits per heavy atom. The van der Waals surface area contributed by atoms with Gasteiger partial charge < -0.3 is 10.2 Å². The largest absolute Gasteiger partial charge is 0.338 e. The second kappa shape index (κ2) is 5.75. The van der Waals surface area contributed by atoms with Crippen LogP contribution in [0.15, 0.2) is 12.2 Å². The summed E-state index contributed by atoms with van der Waals surface area (Å²) < 4.78 is 0. The van der Waals surface area contributed by atoms with Gasteiger partial charge in [-0.05, 0) is 19.4 Å². The van der Waals surface area contributed by atoms with Crippen LogP contribution in [0.25, 0.3) is 0 Å². The molecule has 0 fully saturated rings. The van der Waals surface area contributed by atoms with Gasteiger partial charge in [-0.3, -0.25) is 4.79 Å². The second-order valence-corrected chi connectivity index (χ2v) is 3.28. The molecular formula is C10H18N2O. The summed E-state index contributed by atoms with van der Waals surface area (Å²) >= 11 is 0. The molecule has 1 amide bonds. The summed E-state index contributed by atoms with van der Waals surface area (Å²) in [5, 5.41) is 3.12. The van der Waals surface area contributed by atoms with Gasteiger partial charge in [0.15, 0.2) is 0 Å². The predicted octanol–water partition coefficient (Wildman–Crippen LogP) is 0.774. The van der Waals surface area contributed by atoms with Gasteiger partial charge in [0, 0.05) is 13.1 Å². The Bertz CT molecular complexity index is 189. The van der Waals surface area contributed by atoms with Crippen molar-refractivity contribution in [2.24, 2.45) is 0 Å². The van der Waals surface area contributed by atoms with E-state index in [0.717, 1.165) is 32.5 Å². The lowest BCUT2D eigenvalue weighted by atomic mass is 10.2. The normalized spacial score (nSPS) is 16.2. The van der Waals surface area contributed by atoms with E-state index in [4.69, 9.17) is 0 Å². The third-order valence-electron chi connectivity index (χ3n) is 2.11. The molecule has 0 aromatic rings. The van der Waals surface area contributed by atoms with Gasteiger partial charge in [-0.15, -0.1) is 0 Å². The predicted molar refractivity (Wildman–Crippen MR) is 53.5 cm³/mol. The molecule has 0 saturated heterocycles. The summed E-state index contributed by atoms with van der Waals surface area (Å²) in [5.41, 5.74) is 0. The highest BCUT2D eigenvalue weighted by atomic mass is 16.2. The average Bonchev–Trinajstić information content (AvgIpc) is 2.19. The zero-order valence-electron chi connectivity index (χ0n) is 8.25. The molecule has 13 heavy (non-hydrogen) atoms. The van der Waals surface area contributed by atoms with Crippen molar-refractivity contribution in [2.75, 3.05) is 26.2 Å². The Labute approximate surface area is 79.8 Å². The van der Waals surface area contributed by atoms with E-state index in [1.807, 2.05) is 4.90 Å². The van der Waals surface area contributed by atoms with E-state index >= 15 is 0 Å². The highest BCUT2D eigenvalue weighted by Gasteiger charge is 2.12. The van der Waals surface area contributed by atoms with Crippen LogP contribution in [0.1, 0.15) is 19.8 Å². The first-order valence-corrected chi connectivity index (χ1v) is 4.98. The summed E-state index contributed by atoms with van der Waals surface area (Å²) in [4.78, 5) is 13.4. The van der Waals surface area contributed by atoms with E-state index in [0.29, 0.717) is 6.54 Å². The van der Waals surface area contributed by atoms with Crippen LogP contribution in [0.5, 0.6) is 0 Å². The molecule has 0 aromatic carbocycles. The van der Waals surface area contributed by atoms with Crippen LogP contribution in [-0.2, 0) is 4.79 Å². The first-order chi connectivity index (χ1) is 6.34. The van der Waals surface area contributed by atoms with E-state index < -0.39 is 0 Å². The van der Waals surface area contributed by atoms with Crippen LogP contribution < -0.4 is 5.32 Å². The van der Waals surface area contributed by atoms with Crippen molar-refractivity contribution in [1.29, 1.82) is 0 Å².